The fraction of sp³-hybridized carbons (Fsp3) is 0.467. The number of alkyl halides is 3. The van der Waals surface area contributed by atoms with E-state index in [1.807, 2.05) is 4.72 Å². The molecular weight excluding hydrogens is 373 g/mol. The van der Waals surface area contributed by atoms with Crippen molar-refractivity contribution < 1.29 is 21.6 Å². The molecule has 0 aliphatic heterocycles. The van der Waals surface area contributed by atoms with Crippen LogP contribution < -0.4 is 10.3 Å². The SMILES string of the molecule is Cc1nc2cccc3n(CCC(C)NS(=O)(=O)CC(F)(F)F)c(=O)c1n23. The van der Waals surface area contributed by atoms with Gasteiger partial charge in [0.25, 0.3) is 5.56 Å². The molecule has 11 heteroatoms. The minimum absolute atomic E-state index is 0.161. The second-order valence-electron chi connectivity index (χ2n) is 6.26. The molecule has 1 N–H and O–H groups in total. The van der Waals surface area contributed by atoms with Crippen LogP contribution in [0.3, 0.4) is 0 Å². The van der Waals surface area contributed by atoms with E-state index >= 15 is 0 Å². The Kier molecular flexibility index (Phi) is 4.47. The number of nitrogens with zero attached hydrogens (tertiary/aromatic N) is 3. The van der Waals surface area contributed by atoms with Gasteiger partial charge in [0.05, 0.1) is 5.69 Å². The zero-order valence-corrected chi connectivity index (χ0v) is 14.9. The summed E-state index contributed by atoms with van der Waals surface area (Å²) in [7, 11) is -4.48. The van der Waals surface area contributed by atoms with Crippen molar-refractivity contribution in [2.45, 2.75) is 39.0 Å². The minimum Gasteiger partial charge on any atom is -0.292 e. The van der Waals surface area contributed by atoms with E-state index in [2.05, 4.69) is 4.98 Å². The van der Waals surface area contributed by atoms with Crippen LogP contribution in [-0.4, -0.2) is 40.3 Å². The number of aromatic nitrogens is 3. The Bertz CT molecular complexity index is 1100. The van der Waals surface area contributed by atoms with Gasteiger partial charge in [0.2, 0.25) is 10.0 Å². The van der Waals surface area contributed by atoms with Crippen molar-refractivity contribution in [1.29, 1.82) is 0 Å². The molecule has 0 spiro atoms. The van der Waals surface area contributed by atoms with Crippen molar-refractivity contribution in [2.24, 2.45) is 0 Å². The van der Waals surface area contributed by atoms with E-state index in [1.54, 1.807) is 29.5 Å². The maximum absolute atomic E-state index is 12.6. The van der Waals surface area contributed by atoms with Crippen LogP contribution in [0.25, 0.3) is 16.8 Å². The lowest BCUT2D eigenvalue weighted by Crippen LogP contribution is -2.39. The van der Waals surface area contributed by atoms with Crippen LogP contribution in [0.15, 0.2) is 23.0 Å². The van der Waals surface area contributed by atoms with Gasteiger partial charge in [0, 0.05) is 12.6 Å². The first-order chi connectivity index (χ1) is 12.0. The number of hydrogen-bond acceptors (Lipinski definition) is 4. The third-order valence-electron chi connectivity index (χ3n) is 4.04. The molecule has 0 amide bonds. The van der Waals surface area contributed by atoms with Gasteiger partial charge in [-0.15, -0.1) is 0 Å². The number of imidazole rings is 2. The first-order valence-electron chi connectivity index (χ1n) is 7.85. The number of sulfonamides is 1. The molecule has 0 fully saturated rings. The third-order valence-corrected chi connectivity index (χ3v) is 5.51. The van der Waals surface area contributed by atoms with Crippen molar-refractivity contribution in [2.75, 3.05) is 5.75 Å². The molecule has 0 aliphatic rings. The van der Waals surface area contributed by atoms with E-state index in [-0.39, 0.29) is 18.5 Å². The number of hydrogen-bond donors (Lipinski definition) is 1. The summed E-state index contributed by atoms with van der Waals surface area (Å²) in [6.07, 6.45) is -4.64. The Morgan fingerprint density at radius 1 is 1.31 bits per heavy atom. The molecule has 0 aromatic carbocycles. The number of nitrogens with one attached hydrogen (secondary N) is 1. The van der Waals surface area contributed by atoms with Crippen LogP contribution in [0.5, 0.6) is 0 Å². The summed E-state index contributed by atoms with van der Waals surface area (Å²) in [6.45, 7) is 3.35. The Labute approximate surface area is 146 Å². The van der Waals surface area contributed by atoms with Crippen LogP contribution >= 0.6 is 0 Å². The smallest absolute Gasteiger partial charge is 0.292 e. The van der Waals surface area contributed by atoms with Crippen molar-refractivity contribution >= 4 is 26.8 Å². The Balaban J connectivity index is 1.79. The Morgan fingerprint density at radius 2 is 2.00 bits per heavy atom. The van der Waals surface area contributed by atoms with Gasteiger partial charge in [0.1, 0.15) is 16.8 Å². The topological polar surface area (TPSA) is 85.5 Å². The van der Waals surface area contributed by atoms with Gasteiger partial charge < -0.3 is 0 Å². The molecule has 0 saturated heterocycles. The Morgan fingerprint density at radius 3 is 2.65 bits per heavy atom. The van der Waals surface area contributed by atoms with Gasteiger partial charge in [-0.1, -0.05) is 6.07 Å². The lowest BCUT2D eigenvalue weighted by Gasteiger charge is -2.15. The predicted octanol–water partition coefficient (Wildman–Crippen LogP) is 1.66. The normalized spacial score (nSPS) is 14.5. The maximum atomic E-state index is 12.6. The van der Waals surface area contributed by atoms with Gasteiger partial charge in [-0.25, -0.2) is 18.1 Å². The molecule has 3 heterocycles. The zero-order valence-electron chi connectivity index (χ0n) is 14.0. The molecule has 7 nitrogen and oxygen atoms in total. The monoisotopic (exact) mass is 390 g/mol. The molecule has 3 aromatic heterocycles. The molecule has 0 aliphatic carbocycles. The van der Waals surface area contributed by atoms with Crippen LogP contribution in [0.2, 0.25) is 0 Å². The molecule has 142 valence electrons. The number of pyridine rings is 1. The van der Waals surface area contributed by atoms with E-state index < -0.39 is 28.0 Å². The lowest BCUT2D eigenvalue weighted by atomic mass is 10.2. The fourth-order valence-electron chi connectivity index (χ4n) is 3.04. The quantitative estimate of drug-likeness (QED) is 0.694. The van der Waals surface area contributed by atoms with Gasteiger partial charge in [-0.2, -0.15) is 13.2 Å². The Hall–Kier alpha value is -2.14. The lowest BCUT2D eigenvalue weighted by molar-refractivity contribution is -0.106. The summed E-state index contributed by atoms with van der Waals surface area (Å²) in [5.74, 6) is -1.93. The maximum Gasteiger partial charge on any atom is 0.404 e. The van der Waals surface area contributed by atoms with Crippen molar-refractivity contribution in [1.82, 2.24) is 18.7 Å². The van der Waals surface area contributed by atoms with E-state index in [1.165, 1.54) is 11.5 Å². The first-order valence-corrected chi connectivity index (χ1v) is 9.50. The summed E-state index contributed by atoms with van der Waals surface area (Å²) in [6, 6.07) is 4.50. The average molecular weight is 390 g/mol. The number of aryl methyl sites for hydroxylation is 2. The van der Waals surface area contributed by atoms with E-state index in [0.29, 0.717) is 22.5 Å². The summed E-state index contributed by atoms with van der Waals surface area (Å²) < 4.78 is 65.1. The second kappa shape index (κ2) is 6.23. The van der Waals surface area contributed by atoms with Crippen molar-refractivity contribution in [3.63, 3.8) is 0 Å². The number of rotatable bonds is 6. The minimum atomic E-state index is -4.81. The van der Waals surface area contributed by atoms with E-state index in [0.717, 1.165) is 0 Å². The van der Waals surface area contributed by atoms with E-state index in [9.17, 15) is 26.4 Å². The molecule has 3 rings (SSSR count). The highest BCUT2D eigenvalue weighted by molar-refractivity contribution is 7.89. The van der Waals surface area contributed by atoms with Crippen LogP contribution in [0.4, 0.5) is 13.2 Å². The third kappa shape index (κ3) is 3.54. The molecule has 1 atom stereocenters. The summed E-state index contributed by atoms with van der Waals surface area (Å²) in [5.41, 5.74) is 2.00. The highest BCUT2D eigenvalue weighted by Gasteiger charge is 2.35. The zero-order chi connectivity index (χ0) is 19.3. The van der Waals surface area contributed by atoms with Crippen molar-refractivity contribution in [3.05, 3.63) is 34.2 Å². The molecule has 1 unspecified atom stereocenters. The van der Waals surface area contributed by atoms with Crippen LogP contribution in [0.1, 0.15) is 19.0 Å². The molecule has 26 heavy (non-hydrogen) atoms. The molecule has 0 bridgehead atoms. The highest BCUT2D eigenvalue weighted by atomic mass is 32.2. The summed E-state index contributed by atoms with van der Waals surface area (Å²) >= 11 is 0. The standard InChI is InChI=1S/C15H17F3N4O3S/c1-9(20-26(24,25)8-15(16,17)18)6-7-21-12-5-3-4-11-19-10(2)13(14(21)23)22(11)12/h3-5,9,20H,6-8H2,1-2H3. The first kappa shape index (κ1) is 18.6. The largest absolute Gasteiger partial charge is 0.404 e. The molecular formula is C15H17F3N4O3S. The van der Waals surface area contributed by atoms with Crippen LogP contribution in [0, 0.1) is 6.92 Å². The molecule has 3 aromatic rings. The summed E-state index contributed by atoms with van der Waals surface area (Å²) in [4.78, 5) is 16.9. The highest BCUT2D eigenvalue weighted by Crippen LogP contribution is 2.19. The van der Waals surface area contributed by atoms with Gasteiger partial charge in [0.15, 0.2) is 5.75 Å². The van der Waals surface area contributed by atoms with Crippen LogP contribution in [-0.2, 0) is 16.6 Å². The molecule has 0 radical (unpaired) electrons. The number of halogens is 3. The van der Waals surface area contributed by atoms with Gasteiger partial charge in [-0.3, -0.25) is 13.8 Å². The fourth-order valence-corrected chi connectivity index (χ4v) is 4.29. The van der Waals surface area contributed by atoms with Crippen molar-refractivity contribution in [3.8, 4) is 0 Å². The molecule has 0 saturated carbocycles. The summed E-state index contributed by atoms with van der Waals surface area (Å²) in [5, 5.41) is 0. The van der Waals surface area contributed by atoms with Gasteiger partial charge in [-0.05, 0) is 32.4 Å². The average Bonchev–Trinajstić information content (AvgIpc) is 2.94. The van der Waals surface area contributed by atoms with Gasteiger partial charge >= 0.3 is 6.18 Å². The second-order valence-corrected chi connectivity index (χ2v) is 8.02. The van der Waals surface area contributed by atoms with E-state index in [4.69, 9.17) is 0 Å². The predicted molar refractivity (Wildman–Crippen MR) is 89.9 cm³/mol.